The molecule has 0 amide bonds. The van der Waals surface area contributed by atoms with Crippen LogP contribution in [-0.4, -0.2) is 22.0 Å². The maximum absolute atomic E-state index is 4.33. The first-order chi connectivity index (χ1) is 9.38. The van der Waals surface area contributed by atoms with Gasteiger partial charge in [0.2, 0.25) is 0 Å². The standard InChI is InChI=1S/C15H14N4/c1-16-14(15-18-8-3-9-19-15)12-5-6-13-11(10-12)4-2-7-17-13/h2-10,14,16H,1H3. The summed E-state index contributed by atoms with van der Waals surface area (Å²) in [5, 5.41) is 4.38. The Labute approximate surface area is 111 Å². The maximum atomic E-state index is 4.33. The molecular formula is C15H14N4. The zero-order chi connectivity index (χ0) is 13.1. The number of fused-ring (bicyclic) bond motifs is 1. The number of nitrogens with one attached hydrogen (secondary N) is 1. The SMILES string of the molecule is CNC(c1ccc2ncccc2c1)c1ncccn1. The third kappa shape index (κ3) is 2.30. The van der Waals surface area contributed by atoms with Crippen molar-refractivity contribution in [2.45, 2.75) is 6.04 Å². The van der Waals surface area contributed by atoms with Crippen LogP contribution in [0.15, 0.2) is 55.0 Å². The molecule has 2 heterocycles. The number of aromatic nitrogens is 3. The number of pyridine rings is 1. The van der Waals surface area contributed by atoms with Gasteiger partial charge in [0, 0.05) is 24.0 Å². The molecule has 0 bridgehead atoms. The van der Waals surface area contributed by atoms with Crippen molar-refractivity contribution in [1.82, 2.24) is 20.3 Å². The number of hydrogen-bond donors (Lipinski definition) is 1. The molecule has 3 aromatic rings. The molecule has 0 saturated heterocycles. The van der Waals surface area contributed by atoms with Gasteiger partial charge in [-0.2, -0.15) is 0 Å². The Morgan fingerprint density at radius 2 is 1.74 bits per heavy atom. The summed E-state index contributed by atoms with van der Waals surface area (Å²) in [6.07, 6.45) is 5.32. The monoisotopic (exact) mass is 250 g/mol. The zero-order valence-corrected chi connectivity index (χ0v) is 10.6. The molecule has 0 spiro atoms. The third-order valence-corrected chi connectivity index (χ3v) is 3.09. The molecular weight excluding hydrogens is 236 g/mol. The van der Waals surface area contributed by atoms with Gasteiger partial charge in [0.05, 0.1) is 11.6 Å². The van der Waals surface area contributed by atoms with Gasteiger partial charge in [0.1, 0.15) is 5.82 Å². The van der Waals surface area contributed by atoms with Crippen molar-refractivity contribution in [3.05, 3.63) is 66.4 Å². The predicted octanol–water partition coefficient (Wildman–Crippen LogP) is 2.33. The molecule has 94 valence electrons. The van der Waals surface area contributed by atoms with Crippen LogP contribution in [0.4, 0.5) is 0 Å². The number of benzene rings is 1. The quantitative estimate of drug-likeness (QED) is 0.775. The molecule has 2 aromatic heterocycles. The third-order valence-electron chi connectivity index (χ3n) is 3.09. The van der Waals surface area contributed by atoms with Crippen molar-refractivity contribution in [2.75, 3.05) is 7.05 Å². The first-order valence-corrected chi connectivity index (χ1v) is 6.17. The number of hydrogen-bond acceptors (Lipinski definition) is 4. The second-order valence-electron chi connectivity index (χ2n) is 4.28. The average Bonchev–Trinajstić information content (AvgIpc) is 2.49. The fraction of sp³-hybridized carbons (Fsp3) is 0.133. The normalized spacial score (nSPS) is 12.5. The Hall–Kier alpha value is -2.33. The van der Waals surface area contributed by atoms with E-state index in [1.165, 1.54) is 0 Å². The topological polar surface area (TPSA) is 50.7 Å². The molecule has 0 aliphatic rings. The van der Waals surface area contributed by atoms with Crippen molar-refractivity contribution < 1.29 is 0 Å². The van der Waals surface area contributed by atoms with E-state index in [1.54, 1.807) is 18.6 Å². The Bertz CT molecular complexity index is 682. The summed E-state index contributed by atoms with van der Waals surface area (Å²) < 4.78 is 0. The lowest BCUT2D eigenvalue weighted by molar-refractivity contribution is 0.647. The Morgan fingerprint density at radius 1 is 0.947 bits per heavy atom. The number of nitrogens with zero attached hydrogens (tertiary/aromatic N) is 3. The highest BCUT2D eigenvalue weighted by Gasteiger charge is 2.14. The van der Waals surface area contributed by atoms with Crippen LogP contribution < -0.4 is 5.32 Å². The van der Waals surface area contributed by atoms with Crippen LogP contribution in [0.25, 0.3) is 10.9 Å². The smallest absolute Gasteiger partial charge is 0.149 e. The summed E-state index contributed by atoms with van der Waals surface area (Å²) in [4.78, 5) is 13.0. The molecule has 19 heavy (non-hydrogen) atoms. The van der Waals surface area contributed by atoms with Gasteiger partial charge >= 0.3 is 0 Å². The Morgan fingerprint density at radius 3 is 2.53 bits per heavy atom. The van der Waals surface area contributed by atoms with Crippen LogP contribution in [0.5, 0.6) is 0 Å². The highest BCUT2D eigenvalue weighted by molar-refractivity contribution is 5.79. The molecule has 1 atom stereocenters. The summed E-state index contributed by atoms with van der Waals surface area (Å²) in [5.74, 6) is 0.772. The lowest BCUT2D eigenvalue weighted by Gasteiger charge is -2.15. The maximum Gasteiger partial charge on any atom is 0.149 e. The summed E-state index contributed by atoms with van der Waals surface area (Å²) in [5.41, 5.74) is 2.13. The molecule has 0 aliphatic carbocycles. The van der Waals surface area contributed by atoms with Gasteiger partial charge in [-0.25, -0.2) is 9.97 Å². The molecule has 1 aromatic carbocycles. The molecule has 0 radical (unpaired) electrons. The molecule has 3 rings (SSSR count). The van der Waals surface area contributed by atoms with Crippen LogP contribution in [0, 0.1) is 0 Å². The van der Waals surface area contributed by atoms with E-state index in [1.807, 2.05) is 25.2 Å². The van der Waals surface area contributed by atoms with E-state index in [0.717, 1.165) is 22.3 Å². The number of rotatable bonds is 3. The van der Waals surface area contributed by atoms with Crippen molar-refractivity contribution in [2.24, 2.45) is 0 Å². The average molecular weight is 250 g/mol. The minimum atomic E-state index is -0.00851. The minimum Gasteiger partial charge on any atom is -0.307 e. The van der Waals surface area contributed by atoms with E-state index in [0.29, 0.717) is 0 Å². The zero-order valence-electron chi connectivity index (χ0n) is 10.6. The molecule has 0 fully saturated rings. The first kappa shape index (κ1) is 11.7. The fourth-order valence-electron chi connectivity index (χ4n) is 2.18. The van der Waals surface area contributed by atoms with Gasteiger partial charge in [-0.05, 0) is 36.9 Å². The summed E-state index contributed by atoms with van der Waals surface area (Å²) >= 11 is 0. The van der Waals surface area contributed by atoms with Gasteiger partial charge in [-0.15, -0.1) is 0 Å². The van der Waals surface area contributed by atoms with Crippen LogP contribution >= 0.6 is 0 Å². The summed E-state index contributed by atoms with van der Waals surface area (Å²) in [6.45, 7) is 0. The largest absolute Gasteiger partial charge is 0.307 e. The van der Waals surface area contributed by atoms with Crippen LogP contribution in [0.3, 0.4) is 0 Å². The van der Waals surface area contributed by atoms with E-state index in [2.05, 4.69) is 38.5 Å². The van der Waals surface area contributed by atoms with Gasteiger partial charge in [-0.1, -0.05) is 12.1 Å². The molecule has 0 aliphatic heterocycles. The molecule has 4 nitrogen and oxygen atoms in total. The van der Waals surface area contributed by atoms with Crippen molar-refractivity contribution in [1.29, 1.82) is 0 Å². The van der Waals surface area contributed by atoms with Gasteiger partial charge in [0.25, 0.3) is 0 Å². The fourth-order valence-corrected chi connectivity index (χ4v) is 2.18. The van der Waals surface area contributed by atoms with E-state index < -0.39 is 0 Å². The first-order valence-electron chi connectivity index (χ1n) is 6.17. The Kier molecular flexibility index (Phi) is 3.16. The second kappa shape index (κ2) is 5.12. The minimum absolute atomic E-state index is 0.00851. The lowest BCUT2D eigenvalue weighted by Crippen LogP contribution is -2.20. The van der Waals surface area contributed by atoms with Gasteiger partial charge in [0.15, 0.2) is 0 Å². The van der Waals surface area contributed by atoms with Gasteiger partial charge < -0.3 is 5.32 Å². The van der Waals surface area contributed by atoms with Crippen molar-refractivity contribution in [3.8, 4) is 0 Å². The Balaban J connectivity index is 2.06. The molecule has 1 unspecified atom stereocenters. The highest BCUT2D eigenvalue weighted by atomic mass is 15.0. The van der Waals surface area contributed by atoms with Crippen LogP contribution in [0.2, 0.25) is 0 Å². The molecule has 0 saturated carbocycles. The summed E-state index contributed by atoms with van der Waals surface area (Å²) in [6, 6.07) is 12.0. The van der Waals surface area contributed by atoms with E-state index in [-0.39, 0.29) is 6.04 Å². The van der Waals surface area contributed by atoms with Crippen molar-refractivity contribution in [3.63, 3.8) is 0 Å². The van der Waals surface area contributed by atoms with Crippen LogP contribution in [-0.2, 0) is 0 Å². The summed E-state index contributed by atoms with van der Waals surface area (Å²) in [7, 11) is 1.91. The van der Waals surface area contributed by atoms with Crippen LogP contribution in [0.1, 0.15) is 17.4 Å². The van der Waals surface area contributed by atoms with E-state index in [4.69, 9.17) is 0 Å². The predicted molar refractivity (Wildman–Crippen MR) is 74.7 cm³/mol. The molecule has 1 N–H and O–H groups in total. The van der Waals surface area contributed by atoms with E-state index in [9.17, 15) is 0 Å². The lowest BCUT2D eigenvalue weighted by atomic mass is 10.0. The van der Waals surface area contributed by atoms with Crippen molar-refractivity contribution >= 4 is 10.9 Å². The van der Waals surface area contributed by atoms with E-state index >= 15 is 0 Å². The second-order valence-corrected chi connectivity index (χ2v) is 4.28. The molecule has 4 heteroatoms. The highest BCUT2D eigenvalue weighted by Crippen LogP contribution is 2.22. The van der Waals surface area contributed by atoms with Gasteiger partial charge in [-0.3, -0.25) is 4.98 Å².